The number of fused-ring (bicyclic) bond motifs is 6. The lowest BCUT2D eigenvalue weighted by Crippen LogP contribution is -2.11. The lowest BCUT2D eigenvalue weighted by atomic mass is 9.88. The number of furan rings is 1. The molecule has 2 nitrogen and oxygen atoms in total. The summed E-state index contributed by atoms with van der Waals surface area (Å²) in [5, 5.41) is 7.30. The van der Waals surface area contributed by atoms with Crippen LogP contribution in [-0.4, -0.2) is 0 Å². The van der Waals surface area contributed by atoms with Gasteiger partial charge in [0.2, 0.25) is 0 Å². The van der Waals surface area contributed by atoms with Gasteiger partial charge in [-0.1, -0.05) is 206 Å². The Morgan fingerprint density at radius 3 is 1.53 bits per heavy atom. The third-order valence-corrected chi connectivity index (χ3v) is 12.7. The number of hydrogen-bond acceptors (Lipinski definition) is 2. The molecule has 0 aliphatic heterocycles. The first-order valence-electron chi connectivity index (χ1n) is 21.9. The zero-order valence-electron chi connectivity index (χ0n) is 35.0. The largest absolute Gasteiger partial charge is 0.455 e. The van der Waals surface area contributed by atoms with Crippen molar-refractivity contribution < 1.29 is 4.42 Å². The molecule has 0 saturated heterocycles. The Kier molecular flexibility index (Phi) is 9.20. The minimum atomic E-state index is 0.900. The molecule has 64 heavy (non-hydrogen) atoms. The predicted octanol–water partition coefficient (Wildman–Crippen LogP) is 17.7. The first-order chi connectivity index (χ1) is 31.7. The van der Waals surface area contributed by atoms with Crippen LogP contribution in [0, 0.1) is 0 Å². The molecule has 0 atom stereocenters. The van der Waals surface area contributed by atoms with Gasteiger partial charge < -0.3 is 9.32 Å². The van der Waals surface area contributed by atoms with Crippen LogP contribution in [0.1, 0.15) is 0 Å². The number of nitrogens with zero attached hydrogens (tertiary/aromatic N) is 1. The van der Waals surface area contributed by atoms with Gasteiger partial charge in [0.15, 0.2) is 0 Å². The number of benzene rings is 11. The topological polar surface area (TPSA) is 16.4 Å². The molecular formula is C62H41NO. The smallest absolute Gasteiger partial charge is 0.143 e. The van der Waals surface area contributed by atoms with Crippen molar-refractivity contribution in [3.63, 3.8) is 0 Å². The van der Waals surface area contributed by atoms with Crippen LogP contribution >= 0.6 is 0 Å². The number of rotatable bonds is 8. The van der Waals surface area contributed by atoms with E-state index < -0.39 is 0 Å². The Morgan fingerprint density at radius 1 is 0.266 bits per heavy atom. The van der Waals surface area contributed by atoms with E-state index in [0.29, 0.717) is 0 Å². The molecule has 300 valence electrons. The van der Waals surface area contributed by atoms with E-state index in [-0.39, 0.29) is 0 Å². The molecule has 2 heteroatoms. The summed E-state index contributed by atoms with van der Waals surface area (Å²) in [6.07, 6.45) is 0. The standard InChI is InChI=1S/C62H41NO/c1-2-15-43(16-3-1)51-19-6-7-20-54(51)55-21-8-9-22-56(55)57-23-10-12-27-60(57)63(49-38-33-45(34-39-49)53-25-14-26-59-58-24-11-13-28-61(58)64-62(53)59)48-36-31-42(32-37-48)46-35-40-52-47(41-46)30-29-44-17-4-5-18-50(44)52/h1-41H. The first kappa shape index (κ1) is 37.3. The molecular weight excluding hydrogens is 775 g/mol. The molecule has 11 aromatic carbocycles. The van der Waals surface area contributed by atoms with Gasteiger partial charge in [-0.2, -0.15) is 0 Å². The van der Waals surface area contributed by atoms with Gasteiger partial charge >= 0.3 is 0 Å². The van der Waals surface area contributed by atoms with Gasteiger partial charge in [-0.15, -0.1) is 0 Å². The van der Waals surface area contributed by atoms with Gasteiger partial charge in [-0.3, -0.25) is 0 Å². The molecule has 12 rings (SSSR count). The summed E-state index contributed by atoms with van der Waals surface area (Å²) in [4.78, 5) is 2.40. The van der Waals surface area contributed by atoms with Gasteiger partial charge in [0.1, 0.15) is 11.2 Å². The fourth-order valence-electron chi connectivity index (χ4n) is 9.62. The van der Waals surface area contributed by atoms with E-state index in [4.69, 9.17) is 4.42 Å². The summed E-state index contributed by atoms with van der Waals surface area (Å²) in [7, 11) is 0. The lowest BCUT2D eigenvalue weighted by molar-refractivity contribution is 0.670. The van der Waals surface area contributed by atoms with Crippen LogP contribution in [0.4, 0.5) is 17.1 Å². The van der Waals surface area contributed by atoms with E-state index in [1.165, 1.54) is 60.5 Å². The maximum absolute atomic E-state index is 6.48. The fourth-order valence-corrected chi connectivity index (χ4v) is 9.62. The Labute approximate surface area is 372 Å². The van der Waals surface area contributed by atoms with Crippen molar-refractivity contribution in [3.8, 4) is 55.6 Å². The predicted molar refractivity (Wildman–Crippen MR) is 271 cm³/mol. The van der Waals surface area contributed by atoms with Crippen LogP contribution in [0.5, 0.6) is 0 Å². The minimum Gasteiger partial charge on any atom is -0.455 e. The zero-order chi connectivity index (χ0) is 42.4. The van der Waals surface area contributed by atoms with Gasteiger partial charge in [-0.05, 0) is 109 Å². The van der Waals surface area contributed by atoms with Gasteiger partial charge in [-0.25, -0.2) is 0 Å². The second-order valence-corrected chi connectivity index (χ2v) is 16.4. The summed E-state index contributed by atoms with van der Waals surface area (Å²) in [5.74, 6) is 0. The first-order valence-corrected chi connectivity index (χ1v) is 21.9. The third kappa shape index (κ3) is 6.52. The van der Waals surface area contributed by atoms with E-state index in [2.05, 4.69) is 241 Å². The molecule has 1 heterocycles. The van der Waals surface area contributed by atoms with Crippen LogP contribution < -0.4 is 4.90 Å². The normalized spacial score (nSPS) is 11.4. The van der Waals surface area contributed by atoms with Crippen molar-refractivity contribution in [2.24, 2.45) is 0 Å². The summed E-state index contributed by atoms with van der Waals surface area (Å²) in [5.41, 5.74) is 16.6. The highest BCUT2D eigenvalue weighted by Gasteiger charge is 2.21. The van der Waals surface area contributed by atoms with Crippen LogP contribution in [0.25, 0.3) is 99.1 Å². The maximum Gasteiger partial charge on any atom is 0.143 e. The molecule has 12 aromatic rings. The molecule has 0 spiro atoms. The van der Waals surface area contributed by atoms with E-state index in [9.17, 15) is 0 Å². The third-order valence-electron chi connectivity index (χ3n) is 12.7. The Hall–Kier alpha value is -8.46. The van der Waals surface area contributed by atoms with Crippen molar-refractivity contribution >= 4 is 60.5 Å². The van der Waals surface area contributed by atoms with E-state index >= 15 is 0 Å². The molecule has 0 amide bonds. The van der Waals surface area contributed by atoms with Crippen molar-refractivity contribution in [1.29, 1.82) is 0 Å². The van der Waals surface area contributed by atoms with Gasteiger partial charge in [0.05, 0.1) is 5.69 Å². The molecule has 0 aliphatic rings. The molecule has 0 N–H and O–H groups in total. The summed E-state index contributed by atoms with van der Waals surface area (Å²) >= 11 is 0. The summed E-state index contributed by atoms with van der Waals surface area (Å²) in [6, 6.07) is 89.7. The van der Waals surface area contributed by atoms with Crippen molar-refractivity contribution in [2.75, 3.05) is 4.90 Å². The molecule has 0 aliphatic carbocycles. The Balaban J connectivity index is 0.995. The number of para-hydroxylation sites is 3. The monoisotopic (exact) mass is 815 g/mol. The zero-order valence-corrected chi connectivity index (χ0v) is 35.0. The van der Waals surface area contributed by atoms with Gasteiger partial charge in [0.25, 0.3) is 0 Å². The van der Waals surface area contributed by atoms with E-state index in [1.807, 2.05) is 12.1 Å². The number of anilines is 3. The van der Waals surface area contributed by atoms with Crippen LogP contribution in [-0.2, 0) is 0 Å². The second-order valence-electron chi connectivity index (χ2n) is 16.4. The molecule has 0 unspecified atom stereocenters. The van der Waals surface area contributed by atoms with Crippen molar-refractivity contribution in [3.05, 3.63) is 249 Å². The molecule has 0 fully saturated rings. The second kappa shape index (κ2) is 15.8. The van der Waals surface area contributed by atoms with Crippen LogP contribution in [0.15, 0.2) is 253 Å². The lowest BCUT2D eigenvalue weighted by Gasteiger charge is -2.29. The molecule has 0 radical (unpaired) electrons. The average molecular weight is 816 g/mol. The minimum absolute atomic E-state index is 0.900. The van der Waals surface area contributed by atoms with E-state index in [0.717, 1.165) is 55.7 Å². The fraction of sp³-hybridized carbons (Fsp3) is 0. The quantitative estimate of drug-likeness (QED) is 0.142. The van der Waals surface area contributed by atoms with Gasteiger partial charge in [0, 0.05) is 33.3 Å². The van der Waals surface area contributed by atoms with Crippen LogP contribution in [0.3, 0.4) is 0 Å². The average Bonchev–Trinajstić information content (AvgIpc) is 3.76. The van der Waals surface area contributed by atoms with Crippen molar-refractivity contribution in [1.82, 2.24) is 0 Å². The maximum atomic E-state index is 6.48. The summed E-state index contributed by atoms with van der Waals surface area (Å²) in [6.45, 7) is 0. The highest BCUT2D eigenvalue weighted by atomic mass is 16.3. The molecule has 1 aromatic heterocycles. The Bertz CT molecular complexity index is 3660. The highest BCUT2D eigenvalue weighted by Crippen LogP contribution is 2.46. The number of hydrogen-bond donors (Lipinski definition) is 0. The molecule has 0 saturated carbocycles. The van der Waals surface area contributed by atoms with E-state index in [1.54, 1.807) is 0 Å². The Morgan fingerprint density at radius 2 is 0.766 bits per heavy atom. The molecule has 0 bridgehead atoms. The van der Waals surface area contributed by atoms with Crippen molar-refractivity contribution in [2.45, 2.75) is 0 Å². The highest BCUT2D eigenvalue weighted by molar-refractivity contribution is 6.10. The summed E-state index contributed by atoms with van der Waals surface area (Å²) < 4.78 is 6.48. The SMILES string of the molecule is c1ccc(-c2ccccc2-c2ccccc2-c2ccccc2N(c2ccc(-c3ccc4c(ccc5ccccc54)c3)cc2)c2ccc(-c3cccc4c3oc3ccccc34)cc2)cc1. The van der Waals surface area contributed by atoms with Crippen LogP contribution in [0.2, 0.25) is 0 Å².